The fourth-order valence-corrected chi connectivity index (χ4v) is 2.90. The second-order valence-electron chi connectivity index (χ2n) is 7.80. The summed E-state index contributed by atoms with van der Waals surface area (Å²) in [4.78, 5) is 12.4. The molecule has 0 aromatic heterocycles. The zero-order chi connectivity index (χ0) is 15.3. The van der Waals surface area contributed by atoms with Crippen molar-refractivity contribution in [1.82, 2.24) is 0 Å². The van der Waals surface area contributed by atoms with Crippen LogP contribution < -0.4 is 0 Å². The third kappa shape index (κ3) is 6.36. The number of Topliss-reactive ketones (excluding diaryl/α,β-unsaturated/α-hetero) is 1. The van der Waals surface area contributed by atoms with Crippen molar-refractivity contribution in [3.63, 3.8) is 0 Å². The van der Waals surface area contributed by atoms with Gasteiger partial charge in [0.25, 0.3) is 0 Å². The number of carbonyl (C=O) groups is 1. The highest BCUT2D eigenvalue weighted by Gasteiger charge is 2.18. The Morgan fingerprint density at radius 2 is 1.80 bits per heavy atom. The van der Waals surface area contributed by atoms with Crippen molar-refractivity contribution in [1.29, 1.82) is 0 Å². The number of hydrogen-bond acceptors (Lipinski definition) is 1. The van der Waals surface area contributed by atoms with E-state index in [4.69, 9.17) is 0 Å². The topological polar surface area (TPSA) is 17.1 Å². The molecule has 1 nitrogen and oxygen atoms in total. The maximum atomic E-state index is 12.4. The molecule has 0 bridgehead atoms. The van der Waals surface area contributed by atoms with Crippen LogP contribution >= 0.6 is 0 Å². The van der Waals surface area contributed by atoms with Crippen LogP contribution in [0.4, 0.5) is 0 Å². The fourth-order valence-electron chi connectivity index (χ4n) is 2.90. The molecular formula is C19H30O. The molecule has 112 valence electrons. The lowest BCUT2D eigenvalue weighted by Gasteiger charge is -2.22. The van der Waals surface area contributed by atoms with Gasteiger partial charge in [-0.2, -0.15) is 0 Å². The predicted molar refractivity (Wildman–Crippen MR) is 87.2 cm³/mol. The molecule has 0 aliphatic heterocycles. The van der Waals surface area contributed by atoms with Crippen LogP contribution in [0.15, 0.2) is 24.3 Å². The second kappa shape index (κ2) is 7.06. The number of rotatable bonds is 6. The summed E-state index contributed by atoms with van der Waals surface area (Å²) in [6, 6.07) is 8.16. The largest absolute Gasteiger partial charge is 0.294 e. The molecule has 1 aromatic carbocycles. The van der Waals surface area contributed by atoms with Crippen molar-refractivity contribution in [3.8, 4) is 0 Å². The number of ketones is 1. The molecule has 0 saturated heterocycles. The molecule has 1 atom stereocenters. The van der Waals surface area contributed by atoms with Crippen LogP contribution in [0.5, 0.6) is 0 Å². The van der Waals surface area contributed by atoms with E-state index in [2.05, 4.69) is 53.7 Å². The standard InChI is InChI=1S/C19H30O/c1-14(2)10-16-8-7-9-17(12-16)18(20)11-15(3)13-19(4,5)6/h7-9,12,14-15H,10-11,13H2,1-6H3. The smallest absolute Gasteiger partial charge is 0.163 e. The molecule has 0 aliphatic carbocycles. The van der Waals surface area contributed by atoms with Gasteiger partial charge in [0.15, 0.2) is 5.78 Å². The lowest BCUT2D eigenvalue weighted by atomic mass is 9.83. The van der Waals surface area contributed by atoms with Gasteiger partial charge < -0.3 is 0 Å². The lowest BCUT2D eigenvalue weighted by molar-refractivity contribution is 0.0954. The van der Waals surface area contributed by atoms with Gasteiger partial charge in [-0.05, 0) is 41.7 Å². The van der Waals surface area contributed by atoms with E-state index in [-0.39, 0.29) is 5.78 Å². The molecule has 1 unspecified atom stereocenters. The van der Waals surface area contributed by atoms with Crippen LogP contribution in [0.2, 0.25) is 0 Å². The Kier molecular flexibility index (Phi) is 5.98. The highest BCUT2D eigenvalue weighted by atomic mass is 16.1. The molecule has 0 heterocycles. The van der Waals surface area contributed by atoms with E-state index in [0.29, 0.717) is 23.7 Å². The molecule has 0 saturated carbocycles. The summed E-state index contributed by atoms with van der Waals surface area (Å²) in [5.74, 6) is 1.35. The van der Waals surface area contributed by atoms with Crippen molar-refractivity contribution in [3.05, 3.63) is 35.4 Å². The van der Waals surface area contributed by atoms with E-state index >= 15 is 0 Å². The van der Waals surface area contributed by atoms with Crippen LogP contribution in [0, 0.1) is 17.3 Å². The first kappa shape index (κ1) is 16.9. The maximum Gasteiger partial charge on any atom is 0.163 e. The average molecular weight is 274 g/mol. The third-order valence-corrected chi connectivity index (χ3v) is 3.39. The SMILES string of the molecule is CC(C)Cc1cccc(C(=O)CC(C)CC(C)(C)C)c1. The van der Waals surface area contributed by atoms with E-state index in [1.54, 1.807) is 0 Å². The summed E-state index contributed by atoms with van der Waals surface area (Å²) >= 11 is 0. The average Bonchev–Trinajstić information content (AvgIpc) is 2.25. The van der Waals surface area contributed by atoms with E-state index in [0.717, 1.165) is 18.4 Å². The first-order valence-corrected chi connectivity index (χ1v) is 7.79. The Morgan fingerprint density at radius 3 is 2.35 bits per heavy atom. The zero-order valence-electron chi connectivity index (χ0n) is 14.0. The van der Waals surface area contributed by atoms with Gasteiger partial charge in [-0.25, -0.2) is 0 Å². The normalized spacial score (nSPS) is 13.6. The molecule has 1 rings (SSSR count). The number of hydrogen-bond donors (Lipinski definition) is 0. The highest BCUT2D eigenvalue weighted by Crippen LogP contribution is 2.27. The van der Waals surface area contributed by atoms with Crippen molar-refractivity contribution in [2.45, 2.75) is 60.8 Å². The summed E-state index contributed by atoms with van der Waals surface area (Å²) in [7, 11) is 0. The van der Waals surface area contributed by atoms with Crippen molar-refractivity contribution in [2.24, 2.45) is 17.3 Å². The van der Waals surface area contributed by atoms with Crippen LogP contribution in [-0.4, -0.2) is 5.78 Å². The Morgan fingerprint density at radius 1 is 1.15 bits per heavy atom. The van der Waals surface area contributed by atoms with Gasteiger partial charge in [0.05, 0.1) is 0 Å². The van der Waals surface area contributed by atoms with E-state index in [1.807, 2.05) is 12.1 Å². The van der Waals surface area contributed by atoms with Crippen LogP contribution in [0.3, 0.4) is 0 Å². The van der Waals surface area contributed by atoms with E-state index < -0.39 is 0 Å². The highest BCUT2D eigenvalue weighted by molar-refractivity contribution is 5.96. The molecule has 20 heavy (non-hydrogen) atoms. The van der Waals surface area contributed by atoms with Crippen LogP contribution in [0.25, 0.3) is 0 Å². The third-order valence-electron chi connectivity index (χ3n) is 3.39. The van der Waals surface area contributed by atoms with Crippen LogP contribution in [-0.2, 0) is 6.42 Å². The Balaban J connectivity index is 2.68. The van der Waals surface area contributed by atoms with Gasteiger partial charge >= 0.3 is 0 Å². The van der Waals surface area contributed by atoms with Crippen LogP contribution in [0.1, 0.15) is 70.3 Å². The fraction of sp³-hybridized carbons (Fsp3) is 0.632. The summed E-state index contributed by atoms with van der Waals surface area (Å²) in [5, 5.41) is 0. The maximum absolute atomic E-state index is 12.4. The van der Waals surface area contributed by atoms with Crippen molar-refractivity contribution in [2.75, 3.05) is 0 Å². The Labute approximate surface area is 124 Å². The molecule has 1 heteroatoms. The molecular weight excluding hydrogens is 244 g/mol. The van der Waals surface area contributed by atoms with Gasteiger partial charge in [0.1, 0.15) is 0 Å². The lowest BCUT2D eigenvalue weighted by Crippen LogP contribution is -2.14. The monoisotopic (exact) mass is 274 g/mol. The molecule has 0 aliphatic rings. The van der Waals surface area contributed by atoms with Gasteiger partial charge in [-0.3, -0.25) is 4.79 Å². The molecule has 0 radical (unpaired) electrons. The summed E-state index contributed by atoms with van der Waals surface area (Å²) < 4.78 is 0. The van der Waals surface area contributed by atoms with Gasteiger partial charge in [0.2, 0.25) is 0 Å². The minimum Gasteiger partial charge on any atom is -0.294 e. The molecule has 0 spiro atoms. The van der Waals surface area contributed by atoms with E-state index in [1.165, 1.54) is 5.56 Å². The van der Waals surface area contributed by atoms with Crippen molar-refractivity contribution < 1.29 is 4.79 Å². The predicted octanol–water partition coefficient (Wildman–Crippen LogP) is 5.53. The molecule has 1 aromatic rings. The number of benzene rings is 1. The zero-order valence-corrected chi connectivity index (χ0v) is 14.0. The molecule has 0 amide bonds. The summed E-state index contributed by atoms with van der Waals surface area (Å²) in [5.41, 5.74) is 2.44. The summed E-state index contributed by atoms with van der Waals surface area (Å²) in [6.45, 7) is 13.3. The van der Waals surface area contributed by atoms with Gasteiger partial charge in [-0.1, -0.05) is 59.7 Å². The van der Waals surface area contributed by atoms with Crippen molar-refractivity contribution >= 4 is 5.78 Å². The minimum atomic E-state index is 0.285. The summed E-state index contributed by atoms with van der Waals surface area (Å²) in [6.07, 6.45) is 2.78. The quantitative estimate of drug-likeness (QED) is 0.623. The Hall–Kier alpha value is -1.11. The van der Waals surface area contributed by atoms with E-state index in [9.17, 15) is 4.79 Å². The molecule has 0 fully saturated rings. The van der Waals surface area contributed by atoms with Gasteiger partial charge in [0, 0.05) is 12.0 Å². The Bertz CT molecular complexity index is 437. The van der Waals surface area contributed by atoms with Gasteiger partial charge in [-0.15, -0.1) is 0 Å². The minimum absolute atomic E-state index is 0.285. The second-order valence-corrected chi connectivity index (χ2v) is 7.80. The molecule has 0 N–H and O–H groups in total. The first-order valence-electron chi connectivity index (χ1n) is 7.79. The number of carbonyl (C=O) groups excluding carboxylic acids is 1. The first-order chi connectivity index (χ1) is 9.17.